The number of nitrogens with zero attached hydrogens (tertiary/aromatic N) is 4. The molecule has 0 aliphatic heterocycles. The lowest BCUT2D eigenvalue weighted by Crippen LogP contribution is -2.42. The van der Waals surface area contributed by atoms with Gasteiger partial charge < -0.3 is 20.7 Å². The van der Waals surface area contributed by atoms with Crippen LogP contribution in [-0.4, -0.2) is 33.1 Å². The molecule has 118 valence electrons. The molecule has 1 aromatic rings. The molecule has 7 nitrogen and oxygen atoms in total. The SMILES string of the molecule is CCCN(c1c([N+](=O)[O-])nc(C)n1C)C1CCC(N)CC1. The number of hydrogen-bond donors (Lipinski definition) is 1. The summed E-state index contributed by atoms with van der Waals surface area (Å²) in [7, 11) is 1.85. The van der Waals surface area contributed by atoms with Gasteiger partial charge in [0.2, 0.25) is 11.6 Å². The molecular weight excluding hydrogens is 270 g/mol. The Morgan fingerprint density at radius 3 is 2.57 bits per heavy atom. The second-order valence-corrected chi connectivity index (χ2v) is 5.88. The molecule has 0 atom stereocenters. The van der Waals surface area contributed by atoms with Crippen molar-refractivity contribution in [3.8, 4) is 0 Å². The van der Waals surface area contributed by atoms with Gasteiger partial charge in [0.05, 0.1) is 0 Å². The van der Waals surface area contributed by atoms with E-state index in [0.717, 1.165) is 38.6 Å². The molecule has 2 N–H and O–H groups in total. The van der Waals surface area contributed by atoms with Crippen LogP contribution in [0.4, 0.5) is 11.6 Å². The van der Waals surface area contributed by atoms with Crippen LogP contribution in [0.1, 0.15) is 44.9 Å². The van der Waals surface area contributed by atoms with Crippen LogP contribution in [0, 0.1) is 17.0 Å². The van der Waals surface area contributed by atoms with Crippen LogP contribution in [0.2, 0.25) is 0 Å². The van der Waals surface area contributed by atoms with Crippen LogP contribution in [-0.2, 0) is 7.05 Å². The maximum absolute atomic E-state index is 11.3. The van der Waals surface area contributed by atoms with Crippen LogP contribution < -0.4 is 10.6 Å². The van der Waals surface area contributed by atoms with Crippen LogP contribution >= 0.6 is 0 Å². The van der Waals surface area contributed by atoms with Crippen molar-refractivity contribution in [3.05, 3.63) is 15.9 Å². The number of anilines is 1. The van der Waals surface area contributed by atoms with Crippen molar-refractivity contribution in [2.24, 2.45) is 12.8 Å². The predicted octanol–water partition coefficient (Wildman–Crippen LogP) is 2.12. The third kappa shape index (κ3) is 3.18. The summed E-state index contributed by atoms with van der Waals surface area (Å²) < 4.78 is 1.84. The fourth-order valence-electron chi connectivity index (χ4n) is 3.14. The van der Waals surface area contributed by atoms with E-state index < -0.39 is 0 Å². The van der Waals surface area contributed by atoms with Crippen molar-refractivity contribution < 1.29 is 4.92 Å². The van der Waals surface area contributed by atoms with Crippen molar-refractivity contribution >= 4 is 11.6 Å². The summed E-state index contributed by atoms with van der Waals surface area (Å²) in [6, 6.07) is 0.589. The summed E-state index contributed by atoms with van der Waals surface area (Å²) in [6.07, 6.45) is 4.89. The highest BCUT2D eigenvalue weighted by atomic mass is 16.6. The summed E-state index contributed by atoms with van der Waals surface area (Å²) >= 11 is 0. The van der Waals surface area contributed by atoms with Crippen LogP contribution in [0.3, 0.4) is 0 Å². The Kier molecular flexibility index (Phi) is 4.82. The van der Waals surface area contributed by atoms with Crippen LogP contribution in [0.15, 0.2) is 0 Å². The topological polar surface area (TPSA) is 90.2 Å². The van der Waals surface area contributed by atoms with E-state index in [-0.39, 0.29) is 16.8 Å². The number of aromatic nitrogens is 2. The van der Waals surface area contributed by atoms with Gasteiger partial charge in [-0.15, -0.1) is 0 Å². The monoisotopic (exact) mass is 295 g/mol. The Morgan fingerprint density at radius 2 is 2.05 bits per heavy atom. The zero-order valence-electron chi connectivity index (χ0n) is 13.1. The van der Waals surface area contributed by atoms with Crippen molar-refractivity contribution in [2.75, 3.05) is 11.4 Å². The van der Waals surface area contributed by atoms with E-state index in [4.69, 9.17) is 5.73 Å². The van der Waals surface area contributed by atoms with Gasteiger partial charge in [-0.05, 0) is 42.0 Å². The van der Waals surface area contributed by atoms with E-state index in [1.807, 2.05) is 11.6 Å². The molecule has 1 heterocycles. The average Bonchev–Trinajstić information content (AvgIpc) is 2.74. The third-order valence-corrected chi connectivity index (χ3v) is 4.36. The second-order valence-electron chi connectivity index (χ2n) is 5.88. The minimum Gasteiger partial charge on any atom is -0.358 e. The van der Waals surface area contributed by atoms with Gasteiger partial charge in [0, 0.05) is 32.6 Å². The molecule has 0 unspecified atom stereocenters. The maximum atomic E-state index is 11.3. The van der Waals surface area contributed by atoms with Gasteiger partial charge in [-0.1, -0.05) is 6.92 Å². The molecule has 1 aliphatic carbocycles. The second kappa shape index (κ2) is 6.43. The van der Waals surface area contributed by atoms with Crippen LogP contribution in [0.5, 0.6) is 0 Å². The quantitative estimate of drug-likeness (QED) is 0.663. The van der Waals surface area contributed by atoms with Gasteiger partial charge in [-0.25, -0.2) is 0 Å². The van der Waals surface area contributed by atoms with Crippen molar-refractivity contribution in [1.29, 1.82) is 0 Å². The number of hydrogen-bond acceptors (Lipinski definition) is 5. The lowest BCUT2D eigenvalue weighted by Gasteiger charge is -2.36. The molecule has 21 heavy (non-hydrogen) atoms. The number of imidazole rings is 1. The standard InChI is InChI=1S/C14H25N5O2/c1-4-9-18(12-7-5-11(15)6-8-12)14-13(19(20)21)16-10(2)17(14)3/h11-12H,4-9,15H2,1-3H3. The van der Waals surface area contributed by atoms with Crippen molar-refractivity contribution in [1.82, 2.24) is 9.55 Å². The molecule has 0 radical (unpaired) electrons. The lowest BCUT2D eigenvalue weighted by molar-refractivity contribution is -0.388. The molecule has 2 rings (SSSR count). The third-order valence-electron chi connectivity index (χ3n) is 4.36. The van der Waals surface area contributed by atoms with Gasteiger partial charge >= 0.3 is 5.82 Å². The summed E-state index contributed by atoms with van der Waals surface area (Å²) in [4.78, 5) is 17.2. The molecule has 0 saturated heterocycles. The fraction of sp³-hybridized carbons (Fsp3) is 0.786. The van der Waals surface area contributed by atoms with Crippen LogP contribution in [0.25, 0.3) is 0 Å². The Morgan fingerprint density at radius 1 is 1.43 bits per heavy atom. The maximum Gasteiger partial charge on any atom is 0.406 e. The van der Waals surface area contributed by atoms with Gasteiger partial charge in [0.15, 0.2) is 0 Å². The fourth-order valence-corrected chi connectivity index (χ4v) is 3.14. The minimum atomic E-state index is -0.375. The highest BCUT2D eigenvalue weighted by molar-refractivity contribution is 5.56. The summed E-state index contributed by atoms with van der Waals surface area (Å²) in [5.41, 5.74) is 5.98. The first kappa shape index (κ1) is 15.8. The summed E-state index contributed by atoms with van der Waals surface area (Å²) in [6.45, 7) is 4.70. The first-order valence-corrected chi connectivity index (χ1v) is 7.65. The molecule has 0 aromatic carbocycles. The zero-order valence-corrected chi connectivity index (χ0v) is 13.1. The molecular formula is C14H25N5O2. The van der Waals surface area contributed by atoms with Gasteiger partial charge in [-0.3, -0.25) is 4.57 Å². The van der Waals surface area contributed by atoms with Crippen molar-refractivity contribution in [3.63, 3.8) is 0 Å². The Balaban J connectivity index is 2.36. The van der Waals surface area contributed by atoms with E-state index in [9.17, 15) is 10.1 Å². The molecule has 1 aromatic heterocycles. The summed E-state index contributed by atoms with van der Waals surface area (Å²) in [5.74, 6) is 1.28. The molecule has 0 spiro atoms. The zero-order chi connectivity index (χ0) is 15.6. The van der Waals surface area contributed by atoms with E-state index in [2.05, 4.69) is 16.8 Å². The Hall–Kier alpha value is -1.63. The predicted molar refractivity (Wildman–Crippen MR) is 82.5 cm³/mol. The Labute approximate surface area is 125 Å². The summed E-state index contributed by atoms with van der Waals surface area (Å²) in [5, 5.41) is 11.3. The first-order chi connectivity index (χ1) is 9.95. The number of aryl methyl sites for hydroxylation is 1. The van der Waals surface area contributed by atoms with Gasteiger partial charge in [0.1, 0.15) is 0 Å². The lowest BCUT2D eigenvalue weighted by atomic mass is 9.90. The molecule has 1 aliphatic rings. The number of nitro groups is 1. The molecule has 0 bridgehead atoms. The van der Waals surface area contributed by atoms with E-state index in [1.165, 1.54) is 0 Å². The van der Waals surface area contributed by atoms with E-state index >= 15 is 0 Å². The minimum absolute atomic E-state index is 0.0293. The first-order valence-electron chi connectivity index (χ1n) is 7.65. The normalized spacial score (nSPS) is 22.3. The highest BCUT2D eigenvalue weighted by Crippen LogP contribution is 2.33. The van der Waals surface area contributed by atoms with Crippen molar-refractivity contribution in [2.45, 2.75) is 58.0 Å². The number of nitrogens with two attached hydrogens (primary N) is 1. The number of rotatable bonds is 5. The van der Waals surface area contributed by atoms with E-state index in [0.29, 0.717) is 17.7 Å². The smallest absolute Gasteiger partial charge is 0.358 e. The molecule has 0 amide bonds. The highest BCUT2D eigenvalue weighted by Gasteiger charge is 2.33. The van der Waals surface area contributed by atoms with Gasteiger partial charge in [-0.2, -0.15) is 0 Å². The Bertz CT molecular complexity index is 506. The largest absolute Gasteiger partial charge is 0.406 e. The molecule has 1 fully saturated rings. The average molecular weight is 295 g/mol. The molecule has 7 heteroatoms. The van der Waals surface area contributed by atoms with E-state index in [1.54, 1.807) is 6.92 Å². The molecule has 1 saturated carbocycles. The van der Waals surface area contributed by atoms with Gasteiger partial charge in [0.25, 0.3) is 0 Å².